The molecule has 0 amide bonds. The Kier molecular flexibility index (Phi) is 2.99. The molecule has 0 saturated carbocycles. The number of nitrogens with zero attached hydrogens (tertiary/aromatic N) is 2. The topological polar surface area (TPSA) is 26.4 Å². The van der Waals surface area contributed by atoms with E-state index in [1.165, 1.54) is 28.8 Å². The maximum absolute atomic E-state index is 12.9. The first-order valence-electron chi connectivity index (χ1n) is 5.41. The van der Waals surface area contributed by atoms with E-state index in [0.29, 0.717) is 5.69 Å². The second-order valence-corrected chi connectivity index (χ2v) is 4.03. The monoisotopic (exact) mass is 242 g/mol. The van der Waals surface area contributed by atoms with Gasteiger partial charge in [0.1, 0.15) is 5.82 Å². The molecule has 0 aliphatic heterocycles. The van der Waals surface area contributed by atoms with Gasteiger partial charge in [-0.25, -0.2) is 9.24 Å². The number of benzene rings is 1. The van der Waals surface area contributed by atoms with Crippen molar-refractivity contribution < 1.29 is 4.39 Å². The van der Waals surface area contributed by atoms with Crippen LogP contribution in [-0.4, -0.2) is 4.57 Å². The Balaban J connectivity index is 2.79. The summed E-state index contributed by atoms with van der Waals surface area (Å²) in [6.07, 6.45) is 0. The molecule has 2 rings (SSSR count). The minimum Gasteiger partial charge on any atom is -0.290 e. The van der Waals surface area contributed by atoms with Crippen LogP contribution >= 0.6 is 0 Å². The molecular formula is C14H11FN2O. The molecule has 0 N–H and O–H groups in total. The van der Waals surface area contributed by atoms with Gasteiger partial charge in [-0.2, -0.15) is 0 Å². The molecule has 1 heterocycles. The van der Waals surface area contributed by atoms with E-state index in [-0.39, 0.29) is 17.1 Å². The third-order valence-corrected chi connectivity index (χ3v) is 2.89. The molecular weight excluding hydrogens is 231 g/mol. The minimum atomic E-state index is -0.375. The first-order chi connectivity index (χ1) is 8.54. The van der Waals surface area contributed by atoms with Crippen LogP contribution in [0.5, 0.6) is 0 Å². The van der Waals surface area contributed by atoms with E-state index in [2.05, 4.69) is 4.85 Å². The highest BCUT2D eigenvalue weighted by Crippen LogP contribution is 2.17. The first kappa shape index (κ1) is 12.1. The maximum atomic E-state index is 12.9. The predicted octanol–water partition coefficient (Wildman–Crippen LogP) is 3.14. The van der Waals surface area contributed by atoms with Gasteiger partial charge < -0.3 is 0 Å². The van der Waals surface area contributed by atoms with Crippen molar-refractivity contribution in [3.63, 3.8) is 0 Å². The lowest BCUT2D eigenvalue weighted by Crippen LogP contribution is -2.20. The van der Waals surface area contributed by atoms with Crippen molar-refractivity contribution in [2.24, 2.45) is 0 Å². The highest BCUT2D eigenvalue weighted by molar-refractivity contribution is 5.49. The molecule has 1 aromatic heterocycles. The Bertz CT molecular complexity index is 693. The van der Waals surface area contributed by atoms with Crippen LogP contribution in [-0.2, 0) is 0 Å². The molecule has 0 fully saturated rings. The highest BCUT2D eigenvalue weighted by Gasteiger charge is 2.10. The van der Waals surface area contributed by atoms with E-state index >= 15 is 0 Å². The molecule has 0 aliphatic carbocycles. The number of pyridine rings is 1. The van der Waals surface area contributed by atoms with Gasteiger partial charge in [0, 0.05) is 11.4 Å². The second kappa shape index (κ2) is 4.46. The molecule has 90 valence electrons. The zero-order chi connectivity index (χ0) is 13.3. The Hall–Kier alpha value is -2.41. The van der Waals surface area contributed by atoms with Crippen LogP contribution in [0.15, 0.2) is 35.1 Å². The van der Waals surface area contributed by atoms with Crippen LogP contribution in [0.1, 0.15) is 11.3 Å². The van der Waals surface area contributed by atoms with Gasteiger partial charge in [0.15, 0.2) is 0 Å². The normalized spacial score (nSPS) is 10.1. The maximum Gasteiger partial charge on any atom is 0.261 e. The van der Waals surface area contributed by atoms with Crippen molar-refractivity contribution in [3.05, 3.63) is 69.2 Å². The molecule has 0 unspecified atom stereocenters. The van der Waals surface area contributed by atoms with Crippen LogP contribution in [0.4, 0.5) is 10.1 Å². The van der Waals surface area contributed by atoms with Gasteiger partial charge in [-0.15, -0.1) is 0 Å². The van der Waals surface area contributed by atoms with Crippen molar-refractivity contribution in [2.75, 3.05) is 0 Å². The number of aryl methyl sites for hydroxylation is 1. The summed E-state index contributed by atoms with van der Waals surface area (Å²) in [5, 5.41) is 0. The molecule has 0 aliphatic rings. The predicted molar refractivity (Wildman–Crippen MR) is 67.7 cm³/mol. The molecule has 0 atom stereocenters. The van der Waals surface area contributed by atoms with Gasteiger partial charge >= 0.3 is 0 Å². The van der Waals surface area contributed by atoms with Gasteiger partial charge in [0.25, 0.3) is 11.2 Å². The van der Waals surface area contributed by atoms with Crippen LogP contribution < -0.4 is 5.56 Å². The van der Waals surface area contributed by atoms with E-state index < -0.39 is 0 Å². The summed E-state index contributed by atoms with van der Waals surface area (Å²) >= 11 is 0. The molecule has 0 spiro atoms. The summed E-state index contributed by atoms with van der Waals surface area (Å²) in [4.78, 5) is 15.3. The van der Waals surface area contributed by atoms with Gasteiger partial charge in [0.05, 0.1) is 6.57 Å². The van der Waals surface area contributed by atoms with Crippen molar-refractivity contribution >= 4 is 5.69 Å². The Morgan fingerprint density at radius 3 is 2.39 bits per heavy atom. The SMILES string of the molecule is [C-]#[N+]c1cc(C)c(C)n(-c2ccc(F)cc2)c1=O. The summed E-state index contributed by atoms with van der Waals surface area (Å²) in [5.74, 6) is -0.359. The molecule has 4 heteroatoms. The Morgan fingerprint density at radius 2 is 1.83 bits per heavy atom. The molecule has 3 nitrogen and oxygen atoms in total. The quantitative estimate of drug-likeness (QED) is 0.705. The summed E-state index contributed by atoms with van der Waals surface area (Å²) in [5.41, 5.74) is 1.86. The third-order valence-electron chi connectivity index (χ3n) is 2.89. The zero-order valence-electron chi connectivity index (χ0n) is 10.1. The number of hydrogen-bond acceptors (Lipinski definition) is 1. The summed E-state index contributed by atoms with van der Waals surface area (Å²) < 4.78 is 14.3. The number of hydrogen-bond donors (Lipinski definition) is 0. The first-order valence-corrected chi connectivity index (χ1v) is 5.41. The van der Waals surface area contributed by atoms with E-state index in [1.807, 2.05) is 6.92 Å². The molecule has 0 radical (unpaired) electrons. The summed E-state index contributed by atoms with van der Waals surface area (Å²) in [7, 11) is 0. The van der Waals surface area contributed by atoms with Gasteiger partial charge in [-0.1, -0.05) is 0 Å². The van der Waals surface area contributed by atoms with Gasteiger partial charge in [-0.3, -0.25) is 9.36 Å². The smallest absolute Gasteiger partial charge is 0.261 e. The minimum absolute atomic E-state index is 0.0717. The Morgan fingerprint density at radius 1 is 1.22 bits per heavy atom. The average molecular weight is 242 g/mol. The van der Waals surface area contributed by atoms with Crippen molar-refractivity contribution in [2.45, 2.75) is 13.8 Å². The number of rotatable bonds is 1. The second-order valence-electron chi connectivity index (χ2n) is 4.03. The fourth-order valence-electron chi connectivity index (χ4n) is 1.80. The highest BCUT2D eigenvalue weighted by atomic mass is 19.1. The molecule has 18 heavy (non-hydrogen) atoms. The van der Waals surface area contributed by atoms with Crippen molar-refractivity contribution in [3.8, 4) is 5.69 Å². The van der Waals surface area contributed by atoms with E-state index in [9.17, 15) is 9.18 Å². The van der Waals surface area contributed by atoms with Crippen LogP contribution in [0.25, 0.3) is 10.5 Å². The zero-order valence-corrected chi connectivity index (χ0v) is 10.1. The molecule has 0 bridgehead atoms. The molecule has 1 aromatic carbocycles. The fourth-order valence-corrected chi connectivity index (χ4v) is 1.80. The van der Waals surface area contributed by atoms with Gasteiger partial charge in [0.2, 0.25) is 0 Å². The standard InChI is InChI=1S/C14H11FN2O/c1-9-8-13(16-3)14(18)17(10(9)2)12-6-4-11(15)5-7-12/h4-8H,1-2H3. The van der Waals surface area contributed by atoms with Crippen molar-refractivity contribution in [1.29, 1.82) is 0 Å². The third kappa shape index (κ3) is 1.91. The lowest BCUT2D eigenvalue weighted by Gasteiger charge is -2.13. The molecule has 2 aromatic rings. The summed E-state index contributed by atoms with van der Waals surface area (Å²) in [6, 6.07) is 7.21. The average Bonchev–Trinajstić information content (AvgIpc) is 2.36. The van der Waals surface area contributed by atoms with E-state index in [1.54, 1.807) is 13.0 Å². The van der Waals surface area contributed by atoms with Gasteiger partial charge in [-0.05, 0) is 49.7 Å². The lowest BCUT2D eigenvalue weighted by molar-refractivity contribution is 0.627. The lowest BCUT2D eigenvalue weighted by atomic mass is 10.2. The Labute approximate surface area is 104 Å². The van der Waals surface area contributed by atoms with E-state index in [0.717, 1.165) is 11.3 Å². The van der Waals surface area contributed by atoms with Crippen LogP contribution in [0.3, 0.4) is 0 Å². The summed E-state index contributed by atoms with van der Waals surface area (Å²) in [6.45, 7) is 10.6. The number of aromatic nitrogens is 1. The molecule has 0 saturated heterocycles. The van der Waals surface area contributed by atoms with Crippen LogP contribution in [0, 0.1) is 26.2 Å². The van der Waals surface area contributed by atoms with Crippen LogP contribution in [0.2, 0.25) is 0 Å². The number of halogens is 1. The van der Waals surface area contributed by atoms with Crippen molar-refractivity contribution in [1.82, 2.24) is 4.57 Å². The fraction of sp³-hybridized carbons (Fsp3) is 0.143. The largest absolute Gasteiger partial charge is 0.290 e. The van der Waals surface area contributed by atoms with E-state index in [4.69, 9.17) is 6.57 Å².